The summed E-state index contributed by atoms with van der Waals surface area (Å²) in [4.78, 5) is 19.3. The second-order valence-electron chi connectivity index (χ2n) is 11.8. The third kappa shape index (κ3) is 6.59. The first-order valence-electron chi connectivity index (χ1n) is 14.5. The molecule has 7 heteroatoms. The molecule has 0 saturated carbocycles. The Morgan fingerprint density at radius 1 is 0.974 bits per heavy atom. The number of hydrogen-bond donors (Lipinski definition) is 1. The van der Waals surface area contributed by atoms with Crippen molar-refractivity contribution in [3.63, 3.8) is 0 Å². The van der Waals surface area contributed by atoms with Crippen molar-refractivity contribution in [1.29, 1.82) is 0 Å². The van der Waals surface area contributed by atoms with Crippen LogP contribution in [0.5, 0.6) is 0 Å². The predicted molar refractivity (Wildman–Crippen MR) is 162 cm³/mol. The molecule has 4 aromatic rings. The molecule has 39 heavy (non-hydrogen) atoms. The van der Waals surface area contributed by atoms with Gasteiger partial charge in [-0.2, -0.15) is 4.98 Å². The standard InChI is InChI=1S/C32H43N7/c1-23(2)19-37-17-9-12-28(37)21-38(20-24(3)4)27-13-14-30-29(18-27)34-22-39(30)31-15-16-33-32(36-31)35-25(5)26-10-7-6-8-11-26/h6-8,10-11,13-16,18,22-25,28H,9,12,17,19-21H2,1-5H3,(H,33,35,36). The van der Waals surface area contributed by atoms with Gasteiger partial charge in [-0.3, -0.25) is 9.47 Å². The number of anilines is 2. The van der Waals surface area contributed by atoms with E-state index in [1.54, 1.807) is 6.20 Å². The van der Waals surface area contributed by atoms with Gasteiger partial charge in [0.1, 0.15) is 12.1 Å². The molecule has 2 atom stereocenters. The van der Waals surface area contributed by atoms with Crippen LogP contribution in [0.25, 0.3) is 16.9 Å². The summed E-state index contributed by atoms with van der Waals surface area (Å²) in [6, 6.07) is 19.7. The second kappa shape index (κ2) is 12.2. The van der Waals surface area contributed by atoms with Crippen molar-refractivity contribution in [2.75, 3.05) is 36.4 Å². The smallest absolute Gasteiger partial charge is 0.225 e. The molecule has 7 nitrogen and oxygen atoms in total. The molecule has 1 aliphatic heterocycles. The van der Waals surface area contributed by atoms with Crippen molar-refractivity contribution in [2.24, 2.45) is 11.8 Å². The molecule has 0 aliphatic carbocycles. The molecule has 0 bridgehead atoms. The van der Waals surface area contributed by atoms with Crippen molar-refractivity contribution in [3.8, 4) is 5.82 Å². The van der Waals surface area contributed by atoms with Gasteiger partial charge in [0.15, 0.2) is 0 Å². The number of rotatable bonds is 11. The van der Waals surface area contributed by atoms with Crippen LogP contribution in [0, 0.1) is 11.8 Å². The molecule has 2 aromatic carbocycles. The molecule has 3 heterocycles. The maximum Gasteiger partial charge on any atom is 0.225 e. The summed E-state index contributed by atoms with van der Waals surface area (Å²) < 4.78 is 2.05. The Hall–Kier alpha value is -3.45. The Labute approximate surface area is 233 Å². The lowest BCUT2D eigenvalue weighted by molar-refractivity contribution is 0.227. The van der Waals surface area contributed by atoms with Crippen molar-refractivity contribution in [1.82, 2.24) is 24.4 Å². The van der Waals surface area contributed by atoms with E-state index in [0.717, 1.165) is 29.9 Å². The van der Waals surface area contributed by atoms with Crippen LogP contribution in [0.4, 0.5) is 11.6 Å². The fourth-order valence-electron chi connectivity index (χ4n) is 5.74. The normalized spacial score (nSPS) is 16.8. The van der Waals surface area contributed by atoms with Gasteiger partial charge in [-0.25, -0.2) is 9.97 Å². The van der Waals surface area contributed by atoms with Crippen molar-refractivity contribution in [2.45, 2.75) is 59.5 Å². The first kappa shape index (κ1) is 27.1. The fraction of sp³-hybridized carbons (Fsp3) is 0.469. The number of likely N-dealkylation sites (tertiary alicyclic amines) is 1. The molecule has 5 rings (SSSR count). The predicted octanol–water partition coefficient (Wildman–Crippen LogP) is 6.57. The average molecular weight is 526 g/mol. The van der Waals surface area contributed by atoms with E-state index in [1.165, 1.54) is 37.2 Å². The van der Waals surface area contributed by atoms with E-state index in [-0.39, 0.29) is 6.04 Å². The van der Waals surface area contributed by atoms with Crippen molar-refractivity contribution >= 4 is 22.7 Å². The van der Waals surface area contributed by atoms with Gasteiger partial charge in [-0.15, -0.1) is 0 Å². The minimum atomic E-state index is 0.104. The van der Waals surface area contributed by atoms with E-state index >= 15 is 0 Å². The molecule has 1 aliphatic rings. The van der Waals surface area contributed by atoms with Gasteiger partial charge in [0.25, 0.3) is 0 Å². The minimum absolute atomic E-state index is 0.104. The maximum atomic E-state index is 4.81. The number of aromatic nitrogens is 4. The van der Waals surface area contributed by atoms with Crippen LogP contribution < -0.4 is 10.2 Å². The van der Waals surface area contributed by atoms with Crippen LogP contribution in [0.15, 0.2) is 67.1 Å². The molecule has 0 radical (unpaired) electrons. The zero-order valence-corrected chi connectivity index (χ0v) is 24.1. The number of nitrogens with zero attached hydrogens (tertiary/aromatic N) is 6. The monoisotopic (exact) mass is 525 g/mol. The number of hydrogen-bond acceptors (Lipinski definition) is 6. The summed E-state index contributed by atoms with van der Waals surface area (Å²) in [7, 11) is 0. The molecule has 2 unspecified atom stereocenters. The Morgan fingerprint density at radius 2 is 1.79 bits per heavy atom. The molecule has 1 fully saturated rings. The van der Waals surface area contributed by atoms with Crippen LogP contribution in [0.3, 0.4) is 0 Å². The van der Waals surface area contributed by atoms with Gasteiger partial charge in [-0.1, -0.05) is 58.0 Å². The lowest BCUT2D eigenvalue weighted by Crippen LogP contribution is -2.43. The third-order valence-electron chi connectivity index (χ3n) is 7.54. The van der Waals surface area contributed by atoms with Crippen LogP contribution in [-0.2, 0) is 0 Å². The van der Waals surface area contributed by atoms with E-state index < -0.39 is 0 Å². The van der Waals surface area contributed by atoms with Crippen molar-refractivity contribution in [3.05, 3.63) is 72.7 Å². The van der Waals surface area contributed by atoms with Crippen LogP contribution in [-0.4, -0.2) is 56.6 Å². The molecular weight excluding hydrogens is 482 g/mol. The average Bonchev–Trinajstić information content (AvgIpc) is 3.54. The molecule has 0 spiro atoms. The van der Waals surface area contributed by atoms with Gasteiger partial charge >= 0.3 is 0 Å². The van der Waals surface area contributed by atoms with E-state index in [9.17, 15) is 0 Å². The third-order valence-corrected chi connectivity index (χ3v) is 7.54. The first-order valence-corrected chi connectivity index (χ1v) is 14.5. The lowest BCUT2D eigenvalue weighted by atomic mass is 10.1. The largest absolute Gasteiger partial charge is 0.370 e. The zero-order chi connectivity index (χ0) is 27.4. The molecule has 1 N–H and O–H groups in total. The van der Waals surface area contributed by atoms with E-state index in [0.29, 0.717) is 23.8 Å². The van der Waals surface area contributed by atoms with Crippen LogP contribution in [0.2, 0.25) is 0 Å². The highest BCUT2D eigenvalue weighted by atomic mass is 15.2. The van der Waals surface area contributed by atoms with Crippen LogP contribution >= 0.6 is 0 Å². The van der Waals surface area contributed by atoms with E-state index in [1.807, 2.05) is 23.0 Å². The maximum absolute atomic E-state index is 4.81. The van der Waals surface area contributed by atoms with Gasteiger partial charge in [0.05, 0.1) is 17.1 Å². The highest BCUT2D eigenvalue weighted by Crippen LogP contribution is 2.27. The highest BCUT2D eigenvalue weighted by Gasteiger charge is 2.27. The molecule has 0 amide bonds. The number of imidazole rings is 1. The van der Waals surface area contributed by atoms with Gasteiger partial charge in [0.2, 0.25) is 5.95 Å². The number of benzene rings is 2. The van der Waals surface area contributed by atoms with Crippen LogP contribution in [0.1, 0.15) is 59.1 Å². The highest BCUT2D eigenvalue weighted by molar-refractivity contribution is 5.81. The molecule has 2 aromatic heterocycles. The fourth-order valence-corrected chi connectivity index (χ4v) is 5.74. The molecule has 206 valence electrons. The van der Waals surface area contributed by atoms with Gasteiger partial charge in [-0.05, 0) is 68.0 Å². The van der Waals surface area contributed by atoms with Gasteiger partial charge in [0, 0.05) is 37.6 Å². The summed E-state index contributed by atoms with van der Waals surface area (Å²) in [6.45, 7) is 15.9. The topological polar surface area (TPSA) is 62.1 Å². The molecule has 1 saturated heterocycles. The Kier molecular flexibility index (Phi) is 8.46. The Balaban J connectivity index is 1.36. The minimum Gasteiger partial charge on any atom is -0.370 e. The number of fused-ring (bicyclic) bond motifs is 1. The number of nitrogens with one attached hydrogen (secondary N) is 1. The summed E-state index contributed by atoms with van der Waals surface area (Å²) in [6.07, 6.45) is 6.26. The molecular formula is C32H43N7. The quantitative estimate of drug-likeness (QED) is 0.239. The summed E-state index contributed by atoms with van der Waals surface area (Å²) in [5, 5.41) is 3.43. The second-order valence-corrected chi connectivity index (χ2v) is 11.8. The summed E-state index contributed by atoms with van der Waals surface area (Å²) >= 11 is 0. The van der Waals surface area contributed by atoms with E-state index in [2.05, 4.69) is 97.2 Å². The summed E-state index contributed by atoms with van der Waals surface area (Å²) in [5.41, 5.74) is 4.48. The zero-order valence-electron chi connectivity index (χ0n) is 24.1. The summed E-state index contributed by atoms with van der Waals surface area (Å²) in [5.74, 6) is 2.69. The Morgan fingerprint density at radius 3 is 2.56 bits per heavy atom. The van der Waals surface area contributed by atoms with Gasteiger partial charge < -0.3 is 10.2 Å². The first-order chi connectivity index (χ1) is 18.9. The SMILES string of the molecule is CC(C)CN(CC1CCCN1CC(C)C)c1ccc2c(c1)ncn2-c1ccnc(NC(C)c2ccccc2)n1. The van der Waals surface area contributed by atoms with E-state index in [4.69, 9.17) is 9.97 Å². The lowest BCUT2D eigenvalue weighted by Gasteiger charge is -2.34. The Bertz CT molecular complexity index is 1350. The van der Waals surface area contributed by atoms with Crippen molar-refractivity contribution < 1.29 is 0 Å².